The lowest BCUT2D eigenvalue weighted by Crippen LogP contribution is -2.34. The van der Waals surface area contributed by atoms with E-state index in [0.29, 0.717) is 42.0 Å². The van der Waals surface area contributed by atoms with Gasteiger partial charge in [0.2, 0.25) is 0 Å². The zero-order valence-electron chi connectivity index (χ0n) is 21.7. The molecule has 2 amide bonds. The van der Waals surface area contributed by atoms with Crippen molar-refractivity contribution < 1.29 is 24.0 Å². The highest BCUT2D eigenvalue weighted by Crippen LogP contribution is 2.32. The first-order valence-electron chi connectivity index (χ1n) is 12.5. The van der Waals surface area contributed by atoms with E-state index in [0.717, 1.165) is 0 Å². The third kappa shape index (κ3) is 6.46. The van der Waals surface area contributed by atoms with Crippen molar-refractivity contribution in [3.8, 4) is 0 Å². The number of imidazole rings is 1. The van der Waals surface area contributed by atoms with Crippen LogP contribution in [0.5, 0.6) is 0 Å². The Kier molecular flexibility index (Phi) is 8.61. The summed E-state index contributed by atoms with van der Waals surface area (Å²) in [6.07, 6.45) is -0.280. The topological polar surface area (TPSA) is 178 Å². The molecule has 5 unspecified atom stereocenters. The highest BCUT2D eigenvalue weighted by atomic mass is 32.2. The van der Waals surface area contributed by atoms with Crippen LogP contribution in [0.4, 0.5) is 16.3 Å². The van der Waals surface area contributed by atoms with Gasteiger partial charge in [-0.25, -0.2) is 19.7 Å². The predicted octanol–water partition coefficient (Wildman–Crippen LogP) is 1.68. The Morgan fingerprint density at radius 3 is 2.58 bits per heavy atom. The highest BCUT2D eigenvalue weighted by Gasteiger charge is 2.44. The van der Waals surface area contributed by atoms with Gasteiger partial charge in [0, 0.05) is 28.8 Å². The Hall–Kier alpha value is -3.13. The molecule has 3 aromatic rings. The average Bonchev–Trinajstić information content (AvgIpc) is 3.41. The Labute approximate surface area is 223 Å². The highest BCUT2D eigenvalue weighted by molar-refractivity contribution is 7.85. The maximum absolute atomic E-state index is 12.6. The molecule has 13 heteroatoms. The minimum atomic E-state index is -1.29. The number of aromatic nitrogens is 4. The van der Waals surface area contributed by atoms with Gasteiger partial charge in [-0.3, -0.25) is 8.78 Å². The van der Waals surface area contributed by atoms with Crippen LogP contribution in [0, 0.1) is 0 Å². The van der Waals surface area contributed by atoms with Gasteiger partial charge in [-0.1, -0.05) is 32.9 Å². The summed E-state index contributed by atoms with van der Waals surface area (Å²) in [5.41, 5.74) is 8.50. The Morgan fingerprint density at radius 2 is 1.87 bits per heavy atom. The van der Waals surface area contributed by atoms with Crippen LogP contribution in [0.25, 0.3) is 11.2 Å². The van der Waals surface area contributed by atoms with Crippen LogP contribution >= 0.6 is 0 Å². The zero-order valence-corrected chi connectivity index (χ0v) is 22.5. The number of rotatable bonds is 9. The van der Waals surface area contributed by atoms with Crippen molar-refractivity contribution in [3.63, 3.8) is 0 Å². The smallest absolute Gasteiger partial charge is 0.319 e. The van der Waals surface area contributed by atoms with Crippen LogP contribution in [0.15, 0.2) is 36.9 Å². The van der Waals surface area contributed by atoms with E-state index in [2.05, 4.69) is 46.4 Å². The second-order valence-electron chi connectivity index (χ2n) is 10.4. The Bertz CT molecular complexity index is 1280. The lowest BCUT2D eigenvalue weighted by atomic mass is 9.87. The molecule has 1 aromatic carbocycles. The summed E-state index contributed by atoms with van der Waals surface area (Å²) >= 11 is 0. The van der Waals surface area contributed by atoms with E-state index in [1.165, 1.54) is 22.8 Å². The molecule has 0 radical (unpaired) electrons. The molecule has 1 aliphatic heterocycles. The van der Waals surface area contributed by atoms with E-state index >= 15 is 0 Å². The number of nitrogens with zero attached hydrogens (tertiary/aromatic N) is 4. The van der Waals surface area contributed by atoms with Crippen LogP contribution in [0.1, 0.15) is 45.4 Å². The molecule has 12 nitrogen and oxygen atoms in total. The number of unbranched alkanes of at least 4 members (excludes halogenated alkanes) is 1. The average molecular weight is 546 g/mol. The van der Waals surface area contributed by atoms with E-state index in [9.17, 15) is 19.2 Å². The summed E-state index contributed by atoms with van der Waals surface area (Å²) < 4.78 is 20.0. The molecule has 5 atom stereocenters. The van der Waals surface area contributed by atoms with E-state index in [4.69, 9.17) is 10.5 Å². The minimum Gasteiger partial charge on any atom is -0.387 e. The van der Waals surface area contributed by atoms with Gasteiger partial charge in [-0.05, 0) is 36.0 Å². The molecule has 38 heavy (non-hydrogen) atoms. The molecule has 1 fully saturated rings. The quantitative estimate of drug-likeness (QED) is 0.250. The number of nitrogens with two attached hydrogens (primary N) is 1. The number of aliphatic hydroxyl groups excluding tert-OH is 2. The number of amides is 2. The van der Waals surface area contributed by atoms with E-state index in [-0.39, 0.29) is 23.0 Å². The summed E-state index contributed by atoms with van der Waals surface area (Å²) in [5.74, 6) is 0.640. The molecule has 3 heterocycles. The standard InChI is InChI=1S/C25H35N7O5S/c1-25(2,3)15-6-8-16(9-7-15)31-24(35)27-10-4-5-11-38(36)12-17-19(33)20(34)23(37-17)32-14-30-18-21(26)28-13-29-22(18)32/h6-9,13-14,17,19-20,23,33-34H,4-5,10-12H2,1-3H3,(H2,26,28,29)(H2,27,31,35). The van der Waals surface area contributed by atoms with Gasteiger partial charge in [0.25, 0.3) is 0 Å². The van der Waals surface area contributed by atoms with Gasteiger partial charge >= 0.3 is 6.03 Å². The number of fused-ring (bicyclic) bond motifs is 1. The molecule has 1 saturated heterocycles. The predicted molar refractivity (Wildman–Crippen MR) is 145 cm³/mol. The lowest BCUT2D eigenvalue weighted by molar-refractivity contribution is -0.0290. The second-order valence-corrected chi connectivity index (χ2v) is 12.0. The van der Waals surface area contributed by atoms with Crippen molar-refractivity contribution in [1.29, 1.82) is 0 Å². The maximum atomic E-state index is 12.6. The molecule has 6 N–H and O–H groups in total. The van der Waals surface area contributed by atoms with Gasteiger partial charge in [0.1, 0.15) is 30.2 Å². The molecule has 0 bridgehead atoms. The van der Waals surface area contributed by atoms with Crippen LogP contribution < -0.4 is 16.4 Å². The molecule has 206 valence electrons. The number of hydrogen-bond donors (Lipinski definition) is 5. The third-order valence-corrected chi connectivity index (χ3v) is 7.89. The monoisotopic (exact) mass is 545 g/mol. The fraction of sp³-hybridized carbons (Fsp3) is 0.520. The molecule has 0 saturated carbocycles. The number of nitrogens with one attached hydrogen (secondary N) is 2. The summed E-state index contributed by atoms with van der Waals surface area (Å²) in [7, 11) is -1.29. The van der Waals surface area contributed by atoms with Gasteiger partial charge in [0.15, 0.2) is 17.7 Å². The van der Waals surface area contributed by atoms with E-state index < -0.39 is 35.3 Å². The third-order valence-electron chi connectivity index (χ3n) is 6.44. The first kappa shape index (κ1) is 27.9. The minimum absolute atomic E-state index is 0.0454. The normalized spacial score (nSPS) is 22.4. The Balaban J connectivity index is 1.18. The van der Waals surface area contributed by atoms with Gasteiger partial charge in [-0.2, -0.15) is 0 Å². The number of ether oxygens (including phenoxy) is 1. The second kappa shape index (κ2) is 11.7. The molecular weight excluding hydrogens is 510 g/mol. The van der Waals surface area contributed by atoms with Crippen LogP contribution in [0.2, 0.25) is 0 Å². The van der Waals surface area contributed by atoms with Crippen LogP contribution in [-0.4, -0.2) is 76.3 Å². The first-order chi connectivity index (χ1) is 18.0. The summed E-state index contributed by atoms with van der Waals surface area (Å²) in [6, 6.07) is 7.46. The summed E-state index contributed by atoms with van der Waals surface area (Å²) in [4.78, 5) is 24.3. The molecule has 0 aliphatic carbocycles. The number of nitrogen functional groups attached to an aromatic ring is 1. The van der Waals surface area contributed by atoms with Crippen molar-refractivity contribution in [2.75, 3.05) is 29.1 Å². The lowest BCUT2D eigenvalue weighted by Gasteiger charge is -2.19. The van der Waals surface area contributed by atoms with Crippen molar-refractivity contribution in [3.05, 3.63) is 42.5 Å². The number of anilines is 2. The number of urea groups is 1. The van der Waals surface area contributed by atoms with E-state index in [1.807, 2.05) is 24.3 Å². The molecule has 4 rings (SSSR count). The van der Waals surface area contributed by atoms with Crippen LogP contribution in [0.3, 0.4) is 0 Å². The number of aliphatic hydroxyl groups is 2. The molecule has 0 spiro atoms. The first-order valence-corrected chi connectivity index (χ1v) is 14.0. The molecular formula is C25H35N7O5S. The fourth-order valence-corrected chi connectivity index (χ4v) is 5.57. The number of carbonyl (C=O) groups excluding carboxylic acids is 1. The number of benzene rings is 1. The number of carbonyl (C=O) groups is 1. The number of hydrogen-bond acceptors (Lipinski definition) is 9. The van der Waals surface area contributed by atoms with Crippen molar-refractivity contribution >= 4 is 39.5 Å². The van der Waals surface area contributed by atoms with Gasteiger partial charge < -0.3 is 31.3 Å². The molecule has 1 aliphatic rings. The summed E-state index contributed by atoms with van der Waals surface area (Å²) in [6.45, 7) is 6.83. The van der Waals surface area contributed by atoms with Crippen LogP contribution in [-0.2, 0) is 21.0 Å². The SMILES string of the molecule is CC(C)(C)c1ccc(NC(=O)NCCCCS(=O)CC2OC(n3cnc4c(N)ncnc43)C(O)C2O)cc1. The van der Waals surface area contributed by atoms with Crippen molar-refractivity contribution in [1.82, 2.24) is 24.8 Å². The fourth-order valence-electron chi connectivity index (χ4n) is 4.24. The van der Waals surface area contributed by atoms with Gasteiger partial charge in [-0.15, -0.1) is 0 Å². The maximum Gasteiger partial charge on any atom is 0.319 e. The Morgan fingerprint density at radius 1 is 1.13 bits per heavy atom. The van der Waals surface area contributed by atoms with Crippen molar-refractivity contribution in [2.45, 2.75) is 63.6 Å². The van der Waals surface area contributed by atoms with E-state index in [1.54, 1.807) is 0 Å². The summed E-state index contributed by atoms with van der Waals surface area (Å²) in [5, 5.41) is 26.7. The largest absolute Gasteiger partial charge is 0.387 e. The van der Waals surface area contributed by atoms with Gasteiger partial charge in [0.05, 0.1) is 12.1 Å². The zero-order chi connectivity index (χ0) is 27.4. The van der Waals surface area contributed by atoms with Crippen molar-refractivity contribution in [2.24, 2.45) is 0 Å². The molecule has 2 aromatic heterocycles.